The van der Waals surface area contributed by atoms with Crippen molar-refractivity contribution >= 4 is 39.7 Å². The van der Waals surface area contributed by atoms with Gasteiger partial charge in [-0.3, -0.25) is 9.59 Å². The van der Waals surface area contributed by atoms with Crippen molar-refractivity contribution in [2.75, 3.05) is 6.54 Å². The number of primary sulfonamides is 1. The quantitative estimate of drug-likeness (QED) is 0.338. The Morgan fingerprint density at radius 3 is 2.45 bits per heavy atom. The second-order valence-electron chi connectivity index (χ2n) is 11.2. The standard InChI is InChI=1S/C33H37N3O4S2/c1-22-7-8-23(2)27(19-22)21-36-29-5-3-4-6-30(29)41-31(33(36)38)20-25-9-13-26(14-10-25)32(37)35-18-17-24-11-15-28(16-12-24)42(34,39)40/h7-16,19-20,29-30H,3-6,17-18,21H2,1-2H3,(H,35,37)(H2,34,39,40)/b31-20-. The maximum absolute atomic E-state index is 13.8. The lowest BCUT2D eigenvalue weighted by molar-refractivity contribution is -0.130. The third-order valence-electron chi connectivity index (χ3n) is 8.09. The van der Waals surface area contributed by atoms with E-state index in [1.54, 1.807) is 36.0 Å². The zero-order valence-corrected chi connectivity index (χ0v) is 25.6. The summed E-state index contributed by atoms with van der Waals surface area (Å²) >= 11 is 1.71. The van der Waals surface area contributed by atoms with Crippen LogP contribution in [0, 0.1) is 13.8 Å². The van der Waals surface area contributed by atoms with E-state index in [1.165, 1.54) is 35.2 Å². The van der Waals surface area contributed by atoms with Crippen LogP contribution < -0.4 is 10.5 Å². The first-order chi connectivity index (χ1) is 20.1. The largest absolute Gasteiger partial charge is 0.352 e. The molecule has 0 spiro atoms. The highest BCUT2D eigenvalue weighted by atomic mass is 32.2. The fourth-order valence-electron chi connectivity index (χ4n) is 5.67. The number of thioether (sulfide) groups is 1. The van der Waals surface area contributed by atoms with Crippen LogP contribution in [0.5, 0.6) is 0 Å². The molecule has 3 aromatic rings. The summed E-state index contributed by atoms with van der Waals surface area (Å²) in [5, 5.41) is 8.45. The van der Waals surface area contributed by atoms with Gasteiger partial charge in [-0.1, -0.05) is 60.9 Å². The number of sulfonamides is 1. The minimum absolute atomic E-state index is 0.0614. The SMILES string of the molecule is Cc1ccc(C)c(CN2C(=O)/C(=C/c3ccc(C(=O)NCCc4ccc(S(N)(=O)=O)cc4)cc3)SC3CCCCC32)c1. The Balaban J connectivity index is 1.24. The molecule has 3 N–H and O–H groups in total. The zero-order valence-electron chi connectivity index (χ0n) is 24.0. The molecule has 1 saturated heterocycles. The second-order valence-corrected chi connectivity index (χ2v) is 14.0. The van der Waals surface area contributed by atoms with E-state index in [-0.39, 0.29) is 22.8 Å². The number of hydrogen-bond donors (Lipinski definition) is 2. The molecule has 5 rings (SSSR count). The molecular formula is C33H37N3O4S2. The molecule has 3 aromatic carbocycles. The van der Waals surface area contributed by atoms with Gasteiger partial charge in [0.25, 0.3) is 11.8 Å². The lowest BCUT2D eigenvalue weighted by Gasteiger charge is -2.44. The van der Waals surface area contributed by atoms with Crippen LogP contribution >= 0.6 is 11.8 Å². The fourth-order valence-corrected chi connectivity index (χ4v) is 7.65. The summed E-state index contributed by atoms with van der Waals surface area (Å²) in [6, 6.07) is 20.3. The molecule has 2 fully saturated rings. The van der Waals surface area contributed by atoms with Crippen molar-refractivity contribution in [2.45, 2.75) is 68.7 Å². The number of carbonyl (C=O) groups is 2. The van der Waals surface area contributed by atoms with Crippen LogP contribution in [0.15, 0.2) is 76.5 Å². The van der Waals surface area contributed by atoms with Gasteiger partial charge in [0, 0.05) is 29.9 Å². The van der Waals surface area contributed by atoms with Gasteiger partial charge in [0.1, 0.15) is 0 Å². The molecule has 2 unspecified atom stereocenters. The number of nitrogens with one attached hydrogen (secondary N) is 1. The van der Waals surface area contributed by atoms with Crippen LogP contribution in [0.4, 0.5) is 0 Å². The van der Waals surface area contributed by atoms with E-state index in [0.717, 1.165) is 35.3 Å². The number of nitrogens with zero attached hydrogens (tertiary/aromatic N) is 1. The molecule has 220 valence electrons. The number of hydrogen-bond acceptors (Lipinski definition) is 5. The van der Waals surface area contributed by atoms with Gasteiger partial charge in [-0.15, -0.1) is 11.8 Å². The first kappa shape index (κ1) is 30.1. The van der Waals surface area contributed by atoms with Crippen LogP contribution in [0.1, 0.15) is 63.9 Å². The molecule has 2 aliphatic rings. The van der Waals surface area contributed by atoms with Crippen LogP contribution in [-0.4, -0.2) is 43.0 Å². The molecular weight excluding hydrogens is 567 g/mol. The molecule has 1 heterocycles. The monoisotopic (exact) mass is 603 g/mol. The van der Waals surface area contributed by atoms with Crippen LogP contribution in [0.2, 0.25) is 0 Å². The minimum atomic E-state index is -3.73. The lowest BCUT2D eigenvalue weighted by atomic mass is 9.92. The van der Waals surface area contributed by atoms with Crippen molar-refractivity contribution in [2.24, 2.45) is 5.14 Å². The van der Waals surface area contributed by atoms with Crippen LogP contribution in [0.25, 0.3) is 6.08 Å². The predicted octanol–water partition coefficient (Wildman–Crippen LogP) is 5.35. The molecule has 1 aliphatic carbocycles. The van der Waals surface area contributed by atoms with Crippen molar-refractivity contribution in [3.63, 3.8) is 0 Å². The van der Waals surface area contributed by atoms with Gasteiger partial charge in [-0.05, 0) is 85.7 Å². The van der Waals surface area contributed by atoms with Crippen molar-refractivity contribution in [1.82, 2.24) is 10.2 Å². The molecule has 1 aliphatic heterocycles. The molecule has 2 amide bonds. The number of nitrogens with two attached hydrogens (primary N) is 1. The fraction of sp³-hybridized carbons (Fsp3) is 0.333. The average Bonchev–Trinajstić information content (AvgIpc) is 2.97. The van der Waals surface area contributed by atoms with Gasteiger partial charge in [-0.2, -0.15) is 0 Å². The Kier molecular flexibility index (Phi) is 9.20. The van der Waals surface area contributed by atoms with E-state index in [4.69, 9.17) is 5.14 Å². The normalized spacial score (nSPS) is 19.9. The highest BCUT2D eigenvalue weighted by Gasteiger charge is 2.40. The summed E-state index contributed by atoms with van der Waals surface area (Å²) in [5.74, 6) is -0.105. The van der Waals surface area contributed by atoms with Crippen LogP contribution in [-0.2, 0) is 27.8 Å². The molecule has 0 aromatic heterocycles. The van der Waals surface area contributed by atoms with E-state index in [2.05, 4.69) is 42.3 Å². The Morgan fingerprint density at radius 1 is 1.02 bits per heavy atom. The van der Waals surface area contributed by atoms with Crippen molar-refractivity contribution in [1.29, 1.82) is 0 Å². The Labute approximate surface area is 252 Å². The van der Waals surface area contributed by atoms with Crippen molar-refractivity contribution in [3.05, 3.63) is 105 Å². The first-order valence-corrected chi connectivity index (χ1v) is 16.8. The predicted molar refractivity (Wildman–Crippen MR) is 168 cm³/mol. The summed E-state index contributed by atoms with van der Waals surface area (Å²) in [6.07, 6.45) is 7.02. The zero-order chi connectivity index (χ0) is 29.9. The number of rotatable bonds is 8. The summed E-state index contributed by atoms with van der Waals surface area (Å²) in [5.41, 5.74) is 5.93. The molecule has 42 heavy (non-hydrogen) atoms. The topological polar surface area (TPSA) is 110 Å². The third kappa shape index (κ3) is 7.14. The molecule has 9 heteroatoms. The van der Waals surface area contributed by atoms with E-state index in [9.17, 15) is 18.0 Å². The van der Waals surface area contributed by atoms with Gasteiger partial charge >= 0.3 is 0 Å². The number of fused-ring (bicyclic) bond motifs is 1. The summed E-state index contributed by atoms with van der Waals surface area (Å²) in [7, 11) is -3.73. The number of aryl methyl sites for hydroxylation is 2. The van der Waals surface area contributed by atoms with E-state index in [0.29, 0.717) is 30.3 Å². The molecule has 7 nitrogen and oxygen atoms in total. The number of benzene rings is 3. The second kappa shape index (κ2) is 12.9. The number of carbonyl (C=O) groups excluding carboxylic acids is 2. The van der Waals surface area contributed by atoms with Crippen molar-refractivity contribution in [3.8, 4) is 0 Å². The van der Waals surface area contributed by atoms with Crippen LogP contribution in [0.3, 0.4) is 0 Å². The highest BCUT2D eigenvalue weighted by Crippen LogP contribution is 2.43. The Bertz CT molecular complexity index is 1600. The maximum Gasteiger partial charge on any atom is 0.260 e. The van der Waals surface area contributed by atoms with Crippen molar-refractivity contribution < 1.29 is 18.0 Å². The minimum Gasteiger partial charge on any atom is -0.352 e. The Morgan fingerprint density at radius 2 is 1.74 bits per heavy atom. The summed E-state index contributed by atoms with van der Waals surface area (Å²) < 4.78 is 22.8. The van der Waals surface area contributed by atoms with E-state index >= 15 is 0 Å². The van der Waals surface area contributed by atoms with Gasteiger partial charge in [0.05, 0.1) is 9.80 Å². The Hall–Kier alpha value is -3.40. The van der Waals surface area contributed by atoms with Gasteiger partial charge in [0.2, 0.25) is 10.0 Å². The van der Waals surface area contributed by atoms with E-state index < -0.39 is 10.0 Å². The van der Waals surface area contributed by atoms with Gasteiger partial charge in [0.15, 0.2) is 0 Å². The molecule has 1 saturated carbocycles. The lowest BCUT2D eigenvalue weighted by Crippen LogP contribution is -2.50. The highest BCUT2D eigenvalue weighted by molar-refractivity contribution is 8.04. The van der Waals surface area contributed by atoms with Gasteiger partial charge in [-0.25, -0.2) is 13.6 Å². The summed E-state index contributed by atoms with van der Waals surface area (Å²) in [4.78, 5) is 29.4. The third-order valence-corrected chi connectivity index (χ3v) is 10.4. The molecule has 0 bridgehead atoms. The average molecular weight is 604 g/mol. The van der Waals surface area contributed by atoms with Gasteiger partial charge < -0.3 is 10.2 Å². The smallest absolute Gasteiger partial charge is 0.260 e. The maximum atomic E-state index is 13.8. The molecule has 2 atom stereocenters. The number of amides is 2. The van der Waals surface area contributed by atoms with E-state index in [1.807, 2.05) is 18.2 Å². The molecule has 0 radical (unpaired) electrons. The summed E-state index contributed by atoms with van der Waals surface area (Å²) in [6.45, 7) is 5.23. The first-order valence-electron chi connectivity index (χ1n) is 14.3.